The summed E-state index contributed by atoms with van der Waals surface area (Å²) in [5.41, 5.74) is 5.32. The van der Waals surface area contributed by atoms with Crippen LogP contribution < -0.4 is 21.7 Å². The van der Waals surface area contributed by atoms with Crippen LogP contribution in [0.5, 0.6) is 0 Å². The second-order valence-electron chi connectivity index (χ2n) is 5.60. The molecule has 7 nitrogen and oxygen atoms in total. The van der Waals surface area contributed by atoms with Gasteiger partial charge in [-0.2, -0.15) is 0 Å². The van der Waals surface area contributed by atoms with Gasteiger partial charge in [-0.25, -0.2) is 0 Å². The molecule has 7 heteroatoms. The van der Waals surface area contributed by atoms with E-state index in [4.69, 9.17) is 5.73 Å². The average Bonchev–Trinajstić information content (AvgIpc) is 2.60. The smallest absolute Gasteiger partial charge is 0.222 e. The van der Waals surface area contributed by atoms with Crippen molar-refractivity contribution in [1.29, 1.82) is 0 Å². The minimum Gasteiger partial charge on any atom is -0.359 e. The minimum absolute atomic E-state index is 0. The first-order chi connectivity index (χ1) is 11.2. The van der Waals surface area contributed by atoms with Crippen LogP contribution in [0, 0.1) is 11.8 Å². The molecule has 0 aliphatic rings. The molecule has 25 heavy (non-hydrogen) atoms. The number of amides is 3. The summed E-state index contributed by atoms with van der Waals surface area (Å²) in [6.45, 7) is 8.20. The number of nitrogens with two attached hydrogens (primary N) is 1. The topological polar surface area (TPSA) is 113 Å². The number of rotatable bonds is 7. The van der Waals surface area contributed by atoms with Gasteiger partial charge in [-0.15, -0.1) is 0 Å². The van der Waals surface area contributed by atoms with Gasteiger partial charge in [0.15, 0.2) is 0 Å². The highest BCUT2D eigenvalue weighted by molar-refractivity contribution is 5.78. The quantitative estimate of drug-likeness (QED) is 0.516. The van der Waals surface area contributed by atoms with Crippen LogP contribution in [0.2, 0.25) is 0 Å². The standard InChI is InChI=1S/C8H18N2O.C5H11NO.C4H9NO.CH4/c1-7(8(11)10-2)5-3-4-6-9;1-4(2)5(7)6-3;1-3-4(6)5-2;/h7H,3-6,9H2,1-2H3,(H,10,11);4H,1-3H3,(H,6,7);3H2,1-2H3,(H,5,6);1H4/t7-;;;/m0.../s1. The number of carbonyl (C=O) groups excluding carboxylic acids is 3. The molecule has 0 fully saturated rings. The third-order valence-electron chi connectivity index (χ3n) is 3.16. The molecule has 0 saturated heterocycles. The maximum Gasteiger partial charge on any atom is 0.222 e. The van der Waals surface area contributed by atoms with Gasteiger partial charge in [0, 0.05) is 39.4 Å². The Morgan fingerprint density at radius 3 is 1.56 bits per heavy atom. The zero-order valence-electron chi connectivity index (χ0n) is 16.5. The fourth-order valence-electron chi connectivity index (χ4n) is 1.44. The lowest BCUT2D eigenvalue weighted by Gasteiger charge is -2.08. The maximum absolute atomic E-state index is 11.0. The Bertz CT molecular complexity index is 328. The van der Waals surface area contributed by atoms with Gasteiger partial charge in [0.1, 0.15) is 0 Å². The second kappa shape index (κ2) is 22.4. The molecule has 0 aliphatic heterocycles. The van der Waals surface area contributed by atoms with Crippen LogP contribution in [0.25, 0.3) is 0 Å². The fourth-order valence-corrected chi connectivity index (χ4v) is 1.44. The van der Waals surface area contributed by atoms with Crippen LogP contribution in [0.15, 0.2) is 0 Å². The minimum atomic E-state index is 0. The molecule has 0 rings (SSSR count). The molecule has 3 amide bonds. The second-order valence-corrected chi connectivity index (χ2v) is 5.60. The first kappa shape index (κ1) is 31.2. The summed E-state index contributed by atoms with van der Waals surface area (Å²) in [4.78, 5) is 31.4. The summed E-state index contributed by atoms with van der Waals surface area (Å²) >= 11 is 0. The lowest BCUT2D eigenvalue weighted by atomic mass is 10.0. The van der Waals surface area contributed by atoms with Crippen LogP contribution in [0.4, 0.5) is 0 Å². The summed E-state index contributed by atoms with van der Waals surface area (Å²) in [6.07, 6.45) is 3.58. The van der Waals surface area contributed by atoms with Crippen LogP contribution in [0.3, 0.4) is 0 Å². The van der Waals surface area contributed by atoms with Crippen molar-refractivity contribution in [3.8, 4) is 0 Å². The van der Waals surface area contributed by atoms with Gasteiger partial charge in [-0.1, -0.05) is 41.5 Å². The number of nitrogens with one attached hydrogen (secondary N) is 3. The van der Waals surface area contributed by atoms with E-state index in [0.717, 1.165) is 25.8 Å². The predicted octanol–water partition coefficient (Wildman–Crippen LogP) is 1.66. The van der Waals surface area contributed by atoms with Crippen molar-refractivity contribution in [2.75, 3.05) is 27.7 Å². The van der Waals surface area contributed by atoms with E-state index < -0.39 is 0 Å². The largest absolute Gasteiger partial charge is 0.359 e. The molecule has 5 N–H and O–H groups in total. The van der Waals surface area contributed by atoms with E-state index in [1.807, 2.05) is 27.7 Å². The number of hydrogen-bond donors (Lipinski definition) is 4. The van der Waals surface area contributed by atoms with Crippen LogP contribution in [-0.2, 0) is 14.4 Å². The fraction of sp³-hybridized carbons (Fsp3) is 0.833. The van der Waals surface area contributed by atoms with Gasteiger partial charge in [-0.05, 0) is 19.4 Å². The van der Waals surface area contributed by atoms with E-state index >= 15 is 0 Å². The third-order valence-corrected chi connectivity index (χ3v) is 3.16. The predicted molar refractivity (Wildman–Crippen MR) is 106 cm³/mol. The first-order valence-corrected chi connectivity index (χ1v) is 8.55. The summed E-state index contributed by atoms with van der Waals surface area (Å²) in [5.74, 6) is 0.563. The van der Waals surface area contributed by atoms with Gasteiger partial charge in [0.05, 0.1) is 0 Å². The summed E-state index contributed by atoms with van der Waals surface area (Å²) < 4.78 is 0. The zero-order valence-corrected chi connectivity index (χ0v) is 16.5. The maximum atomic E-state index is 11.0. The molecular formula is C18H42N4O3. The van der Waals surface area contributed by atoms with Crippen molar-refractivity contribution in [3.63, 3.8) is 0 Å². The molecule has 0 spiro atoms. The Balaban J connectivity index is -0.000000138. The average molecular weight is 363 g/mol. The molecule has 0 saturated carbocycles. The third kappa shape index (κ3) is 24.7. The van der Waals surface area contributed by atoms with Crippen molar-refractivity contribution in [2.24, 2.45) is 17.6 Å². The van der Waals surface area contributed by atoms with E-state index in [9.17, 15) is 14.4 Å². The molecule has 0 bridgehead atoms. The van der Waals surface area contributed by atoms with E-state index in [1.54, 1.807) is 21.1 Å². The Morgan fingerprint density at radius 2 is 1.36 bits per heavy atom. The van der Waals surface area contributed by atoms with Crippen LogP contribution in [0.1, 0.15) is 60.8 Å². The Labute approximate surface area is 154 Å². The Kier molecular flexibility index (Phi) is 27.9. The van der Waals surface area contributed by atoms with Gasteiger partial charge in [0.25, 0.3) is 0 Å². The number of carbonyl (C=O) groups is 3. The molecule has 152 valence electrons. The highest BCUT2D eigenvalue weighted by Crippen LogP contribution is 2.06. The highest BCUT2D eigenvalue weighted by Gasteiger charge is 2.08. The zero-order chi connectivity index (χ0) is 19.5. The van der Waals surface area contributed by atoms with Gasteiger partial charge >= 0.3 is 0 Å². The van der Waals surface area contributed by atoms with Crippen molar-refractivity contribution < 1.29 is 14.4 Å². The van der Waals surface area contributed by atoms with Crippen molar-refractivity contribution in [2.45, 2.75) is 60.8 Å². The SMILES string of the molecule is C.CCC(=O)NC.CNC(=O)C(C)C.CNC(=O)[C@@H](C)CCCCN. The Hall–Kier alpha value is -1.63. The van der Waals surface area contributed by atoms with Crippen molar-refractivity contribution in [3.05, 3.63) is 0 Å². The first-order valence-electron chi connectivity index (χ1n) is 8.55. The lowest BCUT2D eigenvalue weighted by Crippen LogP contribution is -2.25. The molecule has 0 aliphatic carbocycles. The van der Waals surface area contributed by atoms with Crippen molar-refractivity contribution >= 4 is 17.7 Å². The Morgan fingerprint density at radius 1 is 0.880 bits per heavy atom. The lowest BCUT2D eigenvalue weighted by molar-refractivity contribution is -0.124. The van der Waals surface area contributed by atoms with E-state index in [-0.39, 0.29) is 37.0 Å². The monoisotopic (exact) mass is 362 g/mol. The van der Waals surface area contributed by atoms with Crippen molar-refractivity contribution in [1.82, 2.24) is 16.0 Å². The summed E-state index contributed by atoms with van der Waals surface area (Å²) in [7, 11) is 4.94. The van der Waals surface area contributed by atoms with Crippen LogP contribution >= 0.6 is 0 Å². The molecule has 0 unspecified atom stereocenters. The molecule has 0 aromatic heterocycles. The molecule has 0 aromatic carbocycles. The number of unbranched alkanes of at least 4 members (excludes halogenated alkanes) is 1. The molecule has 1 atom stereocenters. The van der Waals surface area contributed by atoms with Gasteiger partial charge < -0.3 is 21.7 Å². The van der Waals surface area contributed by atoms with E-state index in [2.05, 4.69) is 16.0 Å². The van der Waals surface area contributed by atoms with Gasteiger partial charge in [-0.3, -0.25) is 14.4 Å². The van der Waals surface area contributed by atoms with E-state index in [1.165, 1.54) is 0 Å². The van der Waals surface area contributed by atoms with Gasteiger partial charge in [0.2, 0.25) is 17.7 Å². The summed E-state index contributed by atoms with van der Waals surface area (Å²) in [5, 5.41) is 7.62. The number of hydrogen-bond acceptors (Lipinski definition) is 4. The molecule has 0 heterocycles. The summed E-state index contributed by atoms with van der Waals surface area (Å²) in [6, 6.07) is 0. The normalized spacial score (nSPS) is 9.96. The van der Waals surface area contributed by atoms with E-state index in [0.29, 0.717) is 6.42 Å². The molecule has 0 aromatic rings. The molecular weight excluding hydrogens is 320 g/mol. The highest BCUT2D eigenvalue weighted by atomic mass is 16.2. The molecule has 0 radical (unpaired) electrons. The van der Waals surface area contributed by atoms with Crippen LogP contribution in [-0.4, -0.2) is 45.4 Å².